The lowest BCUT2D eigenvalue weighted by molar-refractivity contribution is -0.485. The van der Waals surface area contributed by atoms with Gasteiger partial charge in [0.15, 0.2) is 10.6 Å². The molecule has 0 radical (unpaired) electrons. The third-order valence-electron chi connectivity index (χ3n) is 1.17. The van der Waals surface area contributed by atoms with Gasteiger partial charge in [-0.1, -0.05) is 23.4 Å². The summed E-state index contributed by atoms with van der Waals surface area (Å²) in [5.74, 6) is 0. The minimum absolute atomic E-state index is 0.0812. The molecule has 0 rings (SSSR count). The van der Waals surface area contributed by atoms with Crippen LogP contribution < -0.4 is 0 Å². The molecule has 0 N–H and O–H groups in total. The number of carbonyl (C=O) groups excluding carboxylic acids is 1. The monoisotopic (exact) mass is 255 g/mol. The molecule has 7 nitrogen and oxygen atoms in total. The maximum Gasteiger partial charge on any atom is 0.417 e. The maximum atomic E-state index is 11.2. The Morgan fingerprint density at radius 1 is 1.73 bits per heavy atom. The summed E-state index contributed by atoms with van der Waals surface area (Å²) in [6, 6.07) is 0. The van der Waals surface area contributed by atoms with Gasteiger partial charge in [0, 0.05) is 7.05 Å². The molecule has 1 unspecified atom stereocenters. The normalized spacial score (nSPS) is 13.2. The number of rotatable bonds is 2. The number of amidine groups is 1. The van der Waals surface area contributed by atoms with Crippen LogP contribution in [-0.4, -0.2) is 40.1 Å². The fraction of sp³-hybridized carbons (Fsp3) is 0.667. The van der Waals surface area contributed by atoms with Crippen molar-refractivity contribution in [2.75, 3.05) is 13.3 Å². The van der Waals surface area contributed by atoms with Crippen LogP contribution >= 0.6 is 23.4 Å². The summed E-state index contributed by atoms with van der Waals surface area (Å²) >= 11 is 6.37. The van der Waals surface area contributed by atoms with E-state index < -0.39 is 16.7 Å². The first-order valence-electron chi connectivity index (χ1n) is 3.74. The SMILES string of the molecule is CSC(=N[N+](=O)[O-])N(C)C(=O)OC(C)Cl. The number of carbonyl (C=O) groups is 1. The minimum atomic E-state index is -0.889. The summed E-state index contributed by atoms with van der Waals surface area (Å²) in [5, 5.41) is 12.2. The zero-order chi connectivity index (χ0) is 12.0. The van der Waals surface area contributed by atoms with Gasteiger partial charge in [-0.15, -0.1) is 0 Å². The Kier molecular flexibility index (Phi) is 6.02. The number of halogens is 1. The Morgan fingerprint density at radius 3 is 2.60 bits per heavy atom. The molecule has 15 heavy (non-hydrogen) atoms. The molecule has 0 bridgehead atoms. The average Bonchev–Trinajstić information content (AvgIpc) is 2.11. The third-order valence-corrected chi connectivity index (χ3v) is 1.98. The quantitative estimate of drug-likeness (QED) is 0.246. The van der Waals surface area contributed by atoms with E-state index in [0.29, 0.717) is 0 Å². The number of nitro groups is 1. The van der Waals surface area contributed by atoms with Crippen molar-refractivity contribution in [3.63, 3.8) is 0 Å². The lowest BCUT2D eigenvalue weighted by Gasteiger charge is -2.15. The molecular weight excluding hydrogens is 246 g/mol. The molecule has 0 saturated carbocycles. The van der Waals surface area contributed by atoms with Crippen LogP contribution in [0.3, 0.4) is 0 Å². The zero-order valence-corrected chi connectivity index (χ0v) is 9.91. The van der Waals surface area contributed by atoms with Crippen molar-refractivity contribution in [3.8, 4) is 0 Å². The summed E-state index contributed by atoms with van der Waals surface area (Å²) in [7, 11) is 1.31. The predicted octanol–water partition coefficient (Wildman–Crippen LogP) is 1.55. The molecule has 0 spiro atoms. The number of amides is 1. The molecule has 9 heteroatoms. The van der Waals surface area contributed by atoms with E-state index in [1.54, 1.807) is 6.26 Å². The van der Waals surface area contributed by atoms with Gasteiger partial charge in [-0.2, -0.15) is 0 Å². The van der Waals surface area contributed by atoms with Crippen LogP contribution in [0.5, 0.6) is 0 Å². The Balaban J connectivity index is 4.58. The number of nitrogens with zero attached hydrogens (tertiary/aromatic N) is 3. The molecule has 0 saturated heterocycles. The molecule has 1 atom stereocenters. The number of thioether (sulfide) groups is 1. The molecule has 0 aliphatic rings. The Hall–Kier alpha value is -1.02. The van der Waals surface area contributed by atoms with E-state index in [0.717, 1.165) is 16.7 Å². The van der Waals surface area contributed by atoms with E-state index in [1.807, 2.05) is 0 Å². The lowest BCUT2D eigenvalue weighted by atomic mass is 10.8. The van der Waals surface area contributed by atoms with Crippen LogP contribution in [0.2, 0.25) is 0 Å². The van der Waals surface area contributed by atoms with Crippen LogP contribution in [0, 0.1) is 10.1 Å². The smallest absolute Gasteiger partial charge is 0.417 e. The van der Waals surface area contributed by atoms with Crippen LogP contribution in [-0.2, 0) is 4.74 Å². The van der Waals surface area contributed by atoms with E-state index >= 15 is 0 Å². The van der Waals surface area contributed by atoms with Crippen molar-refractivity contribution in [2.24, 2.45) is 5.10 Å². The number of ether oxygens (including phenoxy) is 1. The molecule has 0 heterocycles. The predicted molar refractivity (Wildman–Crippen MR) is 57.5 cm³/mol. The highest BCUT2D eigenvalue weighted by molar-refractivity contribution is 8.13. The van der Waals surface area contributed by atoms with Crippen LogP contribution in [0.15, 0.2) is 5.10 Å². The van der Waals surface area contributed by atoms with E-state index in [9.17, 15) is 14.9 Å². The highest BCUT2D eigenvalue weighted by Crippen LogP contribution is 2.07. The van der Waals surface area contributed by atoms with Crippen molar-refractivity contribution >= 4 is 34.6 Å². The van der Waals surface area contributed by atoms with E-state index in [-0.39, 0.29) is 5.17 Å². The van der Waals surface area contributed by atoms with E-state index in [1.165, 1.54) is 14.0 Å². The third kappa shape index (κ3) is 5.43. The van der Waals surface area contributed by atoms with Gasteiger partial charge in [-0.25, -0.2) is 14.9 Å². The van der Waals surface area contributed by atoms with Crippen molar-refractivity contribution in [2.45, 2.75) is 12.5 Å². The Labute approximate surface area is 95.5 Å². The van der Waals surface area contributed by atoms with Crippen LogP contribution in [0.25, 0.3) is 0 Å². The van der Waals surface area contributed by atoms with Crippen molar-refractivity contribution in [1.29, 1.82) is 0 Å². The average molecular weight is 256 g/mol. The molecule has 0 aliphatic heterocycles. The second kappa shape index (κ2) is 6.46. The molecule has 0 aromatic heterocycles. The van der Waals surface area contributed by atoms with Gasteiger partial charge in [0.25, 0.3) is 0 Å². The molecular formula is C6H10ClN3O4S. The molecule has 0 aromatic carbocycles. The Morgan fingerprint density at radius 2 is 2.27 bits per heavy atom. The van der Waals surface area contributed by atoms with Crippen LogP contribution in [0.1, 0.15) is 6.92 Å². The van der Waals surface area contributed by atoms with Crippen molar-refractivity contribution in [3.05, 3.63) is 10.1 Å². The first kappa shape index (κ1) is 14.0. The number of hydrogen-bond acceptors (Lipinski definition) is 5. The first-order valence-corrected chi connectivity index (χ1v) is 5.40. The van der Waals surface area contributed by atoms with Gasteiger partial charge in [0.05, 0.1) is 5.10 Å². The van der Waals surface area contributed by atoms with Gasteiger partial charge in [0.1, 0.15) is 0 Å². The van der Waals surface area contributed by atoms with E-state index in [2.05, 4.69) is 9.84 Å². The summed E-state index contributed by atoms with van der Waals surface area (Å²) in [6.07, 6.45) is 0.753. The second-order valence-electron chi connectivity index (χ2n) is 2.31. The largest absolute Gasteiger partial charge is 0.430 e. The first-order chi connectivity index (χ1) is 6.88. The fourth-order valence-corrected chi connectivity index (χ4v) is 1.18. The number of hydrogen-bond donors (Lipinski definition) is 0. The molecule has 0 fully saturated rings. The van der Waals surface area contributed by atoms with Crippen molar-refractivity contribution in [1.82, 2.24) is 4.90 Å². The highest BCUT2D eigenvalue weighted by Gasteiger charge is 2.20. The minimum Gasteiger partial charge on any atom is -0.430 e. The summed E-state index contributed by atoms with van der Waals surface area (Å²) in [6.45, 7) is 1.46. The fourth-order valence-electron chi connectivity index (χ4n) is 0.611. The summed E-state index contributed by atoms with van der Waals surface area (Å²) < 4.78 is 4.61. The number of hydrazone groups is 1. The van der Waals surface area contributed by atoms with E-state index in [4.69, 9.17) is 11.6 Å². The van der Waals surface area contributed by atoms with Gasteiger partial charge >= 0.3 is 6.09 Å². The zero-order valence-electron chi connectivity index (χ0n) is 8.34. The van der Waals surface area contributed by atoms with Gasteiger partial charge < -0.3 is 4.74 Å². The molecule has 86 valence electrons. The molecule has 0 aromatic rings. The second-order valence-corrected chi connectivity index (χ2v) is 3.70. The molecule has 1 amide bonds. The highest BCUT2D eigenvalue weighted by atomic mass is 35.5. The van der Waals surface area contributed by atoms with Gasteiger partial charge in [-0.3, -0.25) is 4.90 Å². The maximum absolute atomic E-state index is 11.2. The van der Waals surface area contributed by atoms with Gasteiger partial charge in [-0.05, 0) is 13.2 Å². The number of alkyl halides is 1. The van der Waals surface area contributed by atoms with Gasteiger partial charge in [0.2, 0.25) is 5.17 Å². The summed E-state index contributed by atoms with van der Waals surface area (Å²) in [4.78, 5) is 22.3. The molecule has 0 aliphatic carbocycles. The topological polar surface area (TPSA) is 85.0 Å². The lowest BCUT2D eigenvalue weighted by Crippen LogP contribution is -2.33. The van der Waals surface area contributed by atoms with Crippen molar-refractivity contribution < 1.29 is 14.6 Å². The standard InChI is InChI=1S/C6H10ClN3O4S/c1-4(7)14-6(11)9(2)5(15-3)8-10(12)13/h4H,1-3H3. The Bertz CT molecular complexity index is 284. The van der Waals surface area contributed by atoms with Crippen LogP contribution in [0.4, 0.5) is 4.79 Å². The summed E-state index contributed by atoms with van der Waals surface area (Å²) in [5.41, 5.74) is -0.807.